The lowest BCUT2D eigenvalue weighted by Gasteiger charge is -2.02. The van der Waals surface area contributed by atoms with E-state index in [1.54, 1.807) is 0 Å². The Bertz CT molecular complexity index is 192. The molecule has 0 heteroatoms. The number of hydrogen-bond donors (Lipinski definition) is 0. The third kappa shape index (κ3) is 15.8. The molecule has 0 spiro atoms. The number of unbranched alkanes of at least 4 members (excludes halogenated alkanes) is 12. The molecule has 0 amide bonds. The summed E-state index contributed by atoms with van der Waals surface area (Å²) in [5, 5.41) is 0. The zero-order valence-electron chi connectivity index (χ0n) is 14.6. The smallest absolute Gasteiger partial charge is 0.0265 e. The van der Waals surface area contributed by atoms with Crippen LogP contribution in [0.3, 0.4) is 0 Å². The Labute approximate surface area is 129 Å². The molecule has 0 aliphatic rings. The van der Waals surface area contributed by atoms with Gasteiger partial charge in [-0.25, -0.2) is 0 Å². The zero-order valence-corrected chi connectivity index (χ0v) is 14.6. The molecular weight excluding hydrogens is 240 g/mol. The average Bonchev–Trinajstić information content (AvgIpc) is 2.47. The SMILES string of the molecule is CCCCCCCCCCCCCC/C=C/C(C)CC. The largest absolute Gasteiger partial charge is 0.0883 e. The average molecular weight is 281 g/mol. The molecule has 0 nitrogen and oxygen atoms in total. The van der Waals surface area contributed by atoms with Crippen molar-refractivity contribution in [3.05, 3.63) is 12.2 Å². The topological polar surface area (TPSA) is 0 Å². The number of hydrogen-bond acceptors (Lipinski definition) is 0. The van der Waals surface area contributed by atoms with Crippen molar-refractivity contribution in [2.75, 3.05) is 0 Å². The van der Waals surface area contributed by atoms with Gasteiger partial charge in [-0.2, -0.15) is 0 Å². The molecule has 0 aromatic rings. The van der Waals surface area contributed by atoms with Gasteiger partial charge in [0.2, 0.25) is 0 Å². The van der Waals surface area contributed by atoms with Crippen molar-refractivity contribution in [1.82, 2.24) is 0 Å². The maximum atomic E-state index is 2.39. The summed E-state index contributed by atoms with van der Waals surface area (Å²) >= 11 is 0. The van der Waals surface area contributed by atoms with E-state index in [2.05, 4.69) is 32.9 Å². The summed E-state index contributed by atoms with van der Waals surface area (Å²) in [6, 6.07) is 0. The molecular formula is C20H40. The van der Waals surface area contributed by atoms with Gasteiger partial charge in [0.15, 0.2) is 0 Å². The molecule has 1 unspecified atom stereocenters. The first-order chi connectivity index (χ1) is 9.81. The highest BCUT2D eigenvalue weighted by Gasteiger charge is 1.93. The first kappa shape index (κ1) is 19.7. The molecule has 0 aromatic heterocycles. The van der Waals surface area contributed by atoms with Gasteiger partial charge in [-0.1, -0.05) is 110 Å². The van der Waals surface area contributed by atoms with E-state index in [1.165, 1.54) is 89.9 Å². The molecule has 0 saturated heterocycles. The minimum Gasteiger partial charge on any atom is -0.0883 e. The summed E-state index contributed by atoms with van der Waals surface area (Å²) in [7, 11) is 0. The second kappa shape index (κ2) is 16.8. The molecule has 0 saturated carbocycles. The fourth-order valence-corrected chi connectivity index (χ4v) is 2.57. The van der Waals surface area contributed by atoms with Gasteiger partial charge in [0, 0.05) is 0 Å². The Morgan fingerprint density at radius 1 is 0.650 bits per heavy atom. The Kier molecular flexibility index (Phi) is 16.6. The van der Waals surface area contributed by atoms with E-state index in [9.17, 15) is 0 Å². The van der Waals surface area contributed by atoms with Crippen LogP contribution in [0.15, 0.2) is 12.2 Å². The van der Waals surface area contributed by atoms with Crippen LogP contribution in [0, 0.1) is 5.92 Å². The van der Waals surface area contributed by atoms with Crippen molar-refractivity contribution in [3.8, 4) is 0 Å². The molecule has 20 heavy (non-hydrogen) atoms. The Hall–Kier alpha value is -0.260. The van der Waals surface area contributed by atoms with E-state index in [4.69, 9.17) is 0 Å². The van der Waals surface area contributed by atoms with Gasteiger partial charge in [0.1, 0.15) is 0 Å². The highest BCUT2D eigenvalue weighted by Crippen LogP contribution is 2.12. The Morgan fingerprint density at radius 3 is 1.55 bits per heavy atom. The molecule has 120 valence electrons. The maximum Gasteiger partial charge on any atom is -0.0265 e. The van der Waals surface area contributed by atoms with E-state index in [-0.39, 0.29) is 0 Å². The fraction of sp³-hybridized carbons (Fsp3) is 0.900. The quantitative estimate of drug-likeness (QED) is 0.213. The Morgan fingerprint density at radius 2 is 1.10 bits per heavy atom. The van der Waals surface area contributed by atoms with Gasteiger partial charge >= 0.3 is 0 Å². The van der Waals surface area contributed by atoms with Gasteiger partial charge in [0.25, 0.3) is 0 Å². The summed E-state index contributed by atoms with van der Waals surface area (Å²) in [5.41, 5.74) is 0. The predicted octanol–water partition coefficient (Wildman–Crippen LogP) is 7.68. The number of allylic oxidation sites excluding steroid dienone is 2. The lowest BCUT2D eigenvalue weighted by atomic mass is 10.0. The van der Waals surface area contributed by atoms with Crippen molar-refractivity contribution >= 4 is 0 Å². The Balaban J connectivity index is 3.04. The van der Waals surface area contributed by atoms with E-state index in [0.717, 1.165) is 5.92 Å². The summed E-state index contributed by atoms with van der Waals surface area (Å²) in [6.07, 6.45) is 24.7. The standard InChI is InChI=1S/C20H40/c1-4-6-7-8-9-10-11-12-13-14-15-16-17-18-19-20(3)5-2/h18-20H,4-17H2,1-3H3/b19-18+. The highest BCUT2D eigenvalue weighted by molar-refractivity contribution is 4.85. The van der Waals surface area contributed by atoms with Crippen LogP contribution in [-0.4, -0.2) is 0 Å². The molecule has 0 aliphatic heterocycles. The molecule has 0 rings (SSSR count). The van der Waals surface area contributed by atoms with Crippen molar-refractivity contribution < 1.29 is 0 Å². The highest BCUT2D eigenvalue weighted by atomic mass is 14.0. The molecule has 0 bridgehead atoms. The molecule has 0 N–H and O–H groups in total. The van der Waals surface area contributed by atoms with Crippen molar-refractivity contribution in [3.63, 3.8) is 0 Å². The van der Waals surface area contributed by atoms with Crippen LogP contribution >= 0.6 is 0 Å². The van der Waals surface area contributed by atoms with Crippen molar-refractivity contribution in [2.24, 2.45) is 5.92 Å². The molecule has 0 radical (unpaired) electrons. The van der Waals surface area contributed by atoms with Gasteiger partial charge in [-0.3, -0.25) is 0 Å². The van der Waals surface area contributed by atoms with E-state index < -0.39 is 0 Å². The van der Waals surface area contributed by atoms with Crippen molar-refractivity contribution in [2.45, 2.75) is 111 Å². The normalized spacial score (nSPS) is 13.2. The molecule has 0 heterocycles. The van der Waals surface area contributed by atoms with E-state index in [0.29, 0.717) is 0 Å². The minimum atomic E-state index is 0.771. The predicted molar refractivity (Wildman–Crippen MR) is 94.3 cm³/mol. The lowest BCUT2D eigenvalue weighted by molar-refractivity contribution is 0.544. The summed E-state index contributed by atoms with van der Waals surface area (Å²) in [5.74, 6) is 0.771. The van der Waals surface area contributed by atoms with Gasteiger partial charge in [0.05, 0.1) is 0 Å². The first-order valence-electron chi connectivity index (χ1n) is 9.47. The maximum absolute atomic E-state index is 2.39. The number of rotatable bonds is 15. The van der Waals surface area contributed by atoms with E-state index >= 15 is 0 Å². The van der Waals surface area contributed by atoms with E-state index in [1.807, 2.05) is 0 Å². The van der Waals surface area contributed by atoms with Gasteiger partial charge in [-0.15, -0.1) is 0 Å². The van der Waals surface area contributed by atoms with Crippen LogP contribution in [0.1, 0.15) is 111 Å². The van der Waals surface area contributed by atoms with Crippen LogP contribution in [0.2, 0.25) is 0 Å². The van der Waals surface area contributed by atoms with Gasteiger partial charge < -0.3 is 0 Å². The van der Waals surface area contributed by atoms with Crippen LogP contribution in [0.4, 0.5) is 0 Å². The first-order valence-corrected chi connectivity index (χ1v) is 9.47. The molecule has 0 aromatic carbocycles. The monoisotopic (exact) mass is 280 g/mol. The molecule has 1 atom stereocenters. The van der Waals surface area contributed by atoms with Crippen molar-refractivity contribution in [1.29, 1.82) is 0 Å². The third-order valence-electron chi connectivity index (χ3n) is 4.33. The second-order valence-corrected chi connectivity index (χ2v) is 6.49. The minimum absolute atomic E-state index is 0.771. The summed E-state index contributed by atoms with van der Waals surface area (Å²) < 4.78 is 0. The third-order valence-corrected chi connectivity index (χ3v) is 4.33. The van der Waals surface area contributed by atoms with Crippen LogP contribution in [0.25, 0.3) is 0 Å². The van der Waals surface area contributed by atoms with Gasteiger partial charge in [-0.05, 0) is 18.8 Å². The summed E-state index contributed by atoms with van der Waals surface area (Å²) in [4.78, 5) is 0. The zero-order chi connectivity index (χ0) is 14.9. The lowest BCUT2D eigenvalue weighted by Crippen LogP contribution is -1.84. The molecule has 0 aliphatic carbocycles. The fourth-order valence-electron chi connectivity index (χ4n) is 2.57. The van der Waals surface area contributed by atoms with Crippen LogP contribution < -0.4 is 0 Å². The summed E-state index contributed by atoms with van der Waals surface area (Å²) in [6.45, 7) is 6.86. The molecule has 0 fully saturated rings. The van der Waals surface area contributed by atoms with Crippen LogP contribution in [0.5, 0.6) is 0 Å². The second-order valence-electron chi connectivity index (χ2n) is 6.49. The van der Waals surface area contributed by atoms with Crippen LogP contribution in [-0.2, 0) is 0 Å².